The molecular weight excluding hydrogens is 1470 g/mol. The summed E-state index contributed by atoms with van der Waals surface area (Å²) in [6, 6.07) is 105. The molecule has 489 valence electrons. The van der Waals surface area contributed by atoms with Gasteiger partial charge in [0.1, 0.15) is 39.2 Å². The molecule has 0 atom stereocenters. The van der Waals surface area contributed by atoms with Gasteiger partial charge < -0.3 is 22.9 Å². The molecule has 0 saturated heterocycles. The molecule has 7 heterocycles. The van der Waals surface area contributed by atoms with Crippen LogP contribution in [0.25, 0.3) is 202 Å². The van der Waals surface area contributed by atoms with Gasteiger partial charge in [-0.25, -0.2) is 0 Å². The van der Waals surface area contributed by atoms with Crippen molar-refractivity contribution in [2.24, 2.45) is 0 Å². The van der Waals surface area contributed by atoms with Gasteiger partial charge in [-0.15, -0.1) is 45.3 Å². The van der Waals surface area contributed by atoms with Gasteiger partial charge >= 0.3 is 7.69 Å². The van der Waals surface area contributed by atoms with Crippen LogP contribution in [0.15, 0.2) is 319 Å². The van der Waals surface area contributed by atoms with E-state index >= 15 is 0 Å². The van der Waals surface area contributed by atoms with E-state index in [-0.39, 0.29) is 7.43 Å². The third-order valence-electron chi connectivity index (χ3n) is 19.6. The van der Waals surface area contributed by atoms with E-state index in [0.717, 1.165) is 85.9 Å². The maximum atomic E-state index is 8.78. The second kappa shape index (κ2) is 25.7. The van der Waals surface area contributed by atoms with Gasteiger partial charge in [0.15, 0.2) is 0 Å². The van der Waals surface area contributed by atoms with Crippen LogP contribution in [0, 0.1) is 0 Å². The Bertz CT molecular complexity index is 7130. The van der Waals surface area contributed by atoms with Crippen molar-refractivity contribution in [3.05, 3.63) is 306 Å². The highest BCUT2D eigenvalue weighted by Gasteiger charge is 2.20. The first-order valence-electron chi connectivity index (χ1n) is 33.4. The summed E-state index contributed by atoms with van der Waals surface area (Å²) in [5, 5.41) is 26.0. The average molecular weight is 1530 g/mol. The van der Waals surface area contributed by atoms with Gasteiger partial charge in [0, 0.05) is 122 Å². The van der Waals surface area contributed by atoms with Crippen LogP contribution in [0.3, 0.4) is 0 Å². The monoisotopic (exact) mass is 1520 g/mol. The first-order valence-corrected chi connectivity index (χ1v) is 38.2. The van der Waals surface area contributed by atoms with E-state index in [2.05, 4.69) is 287 Å². The fourth-order valence-corrected chi connectivity index (χ4v) is 20.3. The summed E-state index contributed by atoms with van der Waals surface area (Å²) >= 11 is 14.8. The van der Waals surface area contributed by atoms with E-state index in [9.17, 15) is 0 Å². The Morgan fingerprint density at radius 2 is 0.544 bits per heavy atom. The summed E-state index contributed by atoms with van der Waals surface area (Å²) in [6.07, 6.45) is 0. The zero-order valence-corrected chi connectivity index (χ0v) is 60.3. The largest absolute Gasteiger partial charge is 0.569 e. The third kappa shape index (κ3) is 11.1. The highest BCUT2D eigenvalue weighted by atomic mass is 79.9. The van der Waals surface area contributed by atoms with E-state index < -0.39 is 0 Å². The maximum Gasteiger partial charge on any atom is 0.569 e. The topological polar surface area (TPSA) is 68.9 Å². The van der Waals surface area contributed by atoms with E-state index in [4.69, 9.17) is 22.9 Å². The summed E-state index contributed by atoms with van der Waals surface area (Å²) in [7, 11) is 0.679. The van der Waals surface area contributed by atoms with Crippen molar-refractivity contribution < 1.29 is 22.9 Å². The maximum absolute atomic E-state index is 8.78. The van der Waals surface area contributed by atoms with Crippen LogP contribution < -0.4 is 4.65 Å². The van der Waals surface area contributed by atoms with Crippen molar-refractivity contribution in [1.82, 2.24) is 0 Å². The average Bonchev–Trinajstić information content (AvgIpc) is 1.59. The van der Waals surface area contributed by atoms with Gasteiger partial charge in [0.2, 0.25) is 0 Å². The molecule has 0 aliphatic heterocycles. The molecule has 0 unspecified atom stereocenters. The van der Waals surface area contributed by atoms with Gasteiger partial charge in [-0.2, -0.15) is 0 Å². The lowest BCUT2D eigenvalue weighted by Gasteiger charge is -2.04. The van der Waals surface area contributed by atoms with Crippen molar-refractivity contribution in [3.63, 3.8) is 0 Å². The van der Waals surface area contributed by atoms with Crippen molar-refractivity contribution >= 4 is 231 Å². The number of rotatable bonds is 7. The van der Waals surface area contributed by atoms with E-state index in [0.29, 0.717) is 13.4 Å². The summed E-state index contributed by atoms with van der Waals surface area (Å²) in [5.74, 6) is 0.572. The van der Waals surface area contributed by atoms with Crippen molar-refractivity contribution in [3.8, 4) is 61.4 Å². The number of hydrogen-bond donors (Lipinski definition) is 1. The van der Waals surface area contributed by atoms with Gasteiger partial charge in [0.25, 0.3) is 0 Å². The minimum atomic E-state index is 0. The molecule has 0 bridgehead atoms. The van der Waals surface area contributed by atoms with Crippen LogP contribution in [-0.4, -0.2) is 12.7 Å². The number of halogens is 2. The molecule has 5 nitrogen and oxygen atoms in total. The Morgan fingerprint density at radius 3 is 0.942 bits per heavy atom. The minimum absolute atomic E-state index is 0. The zero-order chi connectivity index (χ0) is 67.7. The molecule has 1 radical (unpaired) electrons. The fourth-order valence-electron chi connectivity index (χ4n) is 14.7. The molecule has 0 amide bonds. The van der Waals surface area contributed by atoms with Crippen LogP contribution in [-0.2, 0) is 0 Å². The van der Waals surface area contributed by atoms with Crippen molar-refractivity contribution in [2.75, 3.05) is 0 Å². The van der Waals surface area contributed by atoms with Gasteiger partial charge in [-0.05, 0) is 207 Å². The molecule has 0 fully saturated rings. The van der Waals surface area contributed by atoms with Gasteiger partial charge in [0.05, 0.1) is 0 Å². The molecule has 1 N–H and O–H groups in total. The molecule has 22 aromatic rings. The number of fused-ring (bicyclic) bond motifs is 23. The number of benzene rings is 15. The Labute approximate surface area is 623 Å². The smallest absolute Gasteiger partial charge is 0.537 e. The second-order valence-electron chi connectivity index (χ2n) is 25.6. The fraction of sp³-hybridized carbons (Fsp3) is 0.0110. The normalized spacial score (nSPS) is 11.8. The van der Waals surface area contributed by atoms with Crippen LogP contribution in [0.4, 0.5) is 0 Å². The lowest BCUT2D eigenvalue weighted by molar-refractivity contribution is 0.454. The molecule has 7 aromatic heterocycles. The summed E-state index contributed by atoms with van der Waals surface area (Å²) in [5.41, 5.74) is 17.2. The molecule has 0 spiro atoms. The summed E-state index contributed by atoms with van der Waals surface area (Å²) in [6.45, 7) is 0. The number of furan rings is 3. The van der Waals surface area contributed by atoms with E-state index in [1.807, 2.05) is 81.7 Å². The van der Waals surface area contributed by atoms with Crippen molar-refractivity contribution in [1.29, 1.82) is 0 Å². The van der Waals surface area contributed by atoms with Crippen LogP contribution in [0.1, 0.15) is 7.43 Å². The standard InChI is InChI=1S/C54H30O2S2.C18H12BO3.C18H8Br2S2.CH4/c1-3-7-31(8-4-1)33-11-18-46-40(25-33)42-27-35(13-20-48(42)55-46)37-15-22-50-44(29-37)39-17-24-52-53(54(39)58-50)45-30-38(16-23-51(45)57-52)36-14-21-49-43(28-36)41-26-34(12-19-47(41)56-49)32-9-5-2-6-10-32;20-19-22-14-7-9-18-16(11-14)15-10-13(6-8-17(15)21-18)12-4-2-1-3-5-12;19-9-1-4-14-12(7-9)11-3-6-16-17(18(11)22-14)13-8-10(20)2-5-15(13)21-16;/h1-30H;1-11,20H;1-8H;1H4. The lowest BCUT2D eigenvalue weighted by atomic mass is 9.98. The SMILES string of the molecule is Brc1ccc2sc3c(ccc4sc5ccc(Br)cc5c43)c2c1.C.O[B]Oc1ccc2oc3ccc(-c4ccccc4)cc3c2c1.c1ccc(-c2ccc3oc4ccc(-c5ccc6sc7c(ccc8sc9ccc(-c%10ccc%11oc%12ccc(-c%13ccccc%13)cc%12c%11c%10)cc9c87)c6c5)cc4c3c2)cc1. The summed E-state index contributed by atoms with van der Waals surface area (Å²) < 4.78 is 36.5. The first-order chi connectivity index (χ1) is 50.2. The number of hydrogen-bond acceptors (Lipinski definition) is 9. The second-order valence-corrected chi connectivity index (χ2v) is 31.7. The molecule has 15 aromatic carbocycles. The van der Waals surface area contributed by atoms with Crippen LogP contribution >= 0.6 is 77.2 Å². The Morgan fingerprint density at radius 1 is 0.252 bits per heavy atom. The predicted molar refractivity (Wildman–Crippen MR) is 451 cm³/mol. The van der Waals surface area contributed by atoms with E-state index in [1.165, 1.54) is 125 Å². The molecule has 22 rings (SSSR count). The number of thiophene rings is 4. The first kappa shape index (κ1) is 63.3. The third-order valence-corrected chi connectivity index (χ3v) is 25.3. The molecule has 12 heteroatoms. The predicted octanol–water partition coefficient (Wildman–Crippen LogP) is 29.6. The minimum Gasteiger partial charge on any atom is -0.537 e. The highest BCUT2D eigenvalue weighted by molar-refractivity contribution is 9.10. The molecular formula is C91H54BBr2O5S4. The van der Waals surface area contributed by atoms with Crippen LogP contribution in [0.2, 0.25) is 0 Å². The Kier molecular flexibility index (Phi) is 15.8. The zero-order valence-electron chi connectivity index (χ0n) is 53.8. The van der Waals surface area contributed by atoms with Crippen LogP contribution in [0.5, 0.6) is 5.75 Å². The van der Waals surface area contributed by atoms with Gasteiger partial charge in [-0.3, -0.25) is 0 Å². The quantitative estimate of drug-likeness (QED) is 0.161. The summed E-state index contributed by atoms with van der Waals surface area (Å²) in [4.78, 5) is 0. The molecule has 0 aliphatic rings. The van der Waals surface area contributed by atoms with Gasteiger partial charge in [-0.1, -0.05) is 185 Å². The highest BCUT2D eigenvalue weighted by Crippen LogP contribution is 2.49. The van der Waals surface area contributed by atoms with E-state index in [1.54, 1.807) is 6.07 Å². The molecule has 0 saturated carbocycles. The Balaban J connectivity index is 0.000000132. The molecule has 0 aliphatic carbocycles. The lowest BCUT2D eigenvalue weighted by Crippen LogP contribution is -1.98. The Hall–Kier alpha value is -10.6. The molecule has 103 heavy (non-hydrogen) atoms. The van der Waals surface area contributed by atoms with Crippen molar-refractivity contribution in [2.45, 2.75) is 7.43 Å².